The fraction of sp³-hybridized carbons (Fsp3) is 0.444. The van der Waals surface area contributed by atoms with Crippen molar-refractivity contribution in [3.05, 3.63) is 42.2 Å². The maximum Gasteiger partial charge on any atom is 0.234 e. The molecule has 1 saturated heterocycles. The molecular formula is C18H25N5O. The zero-order valence-corrected chi connectivity index (χ0v) is 14.4. The molecule has 128 valence electrons. The molecule has 1 aliphatic rings. The largest absolute Gasteiger partial charge is 0.476 e. The number of benzene rings is 1. The lowest BCUT2D eigenvalue weighted by molar-refractivity contribution is 0.308. The molecule has 24 heavy (non-hydrogen) atoms. The van der Waals surface area contributed by atoms with Gasteiger partial charge in [-0.1, -0.05) is 12.1 Å². The predicted octanol–water partition coefficient (Wildman–Crippen LogP) is 1.57. The molecule has 6 heteroatoms. The van der Waals surface area contributed by atoms with Crippen molar-refractivity contribution in [2.45, 2.75) is 6.42 Å². The monoisotopic (exact) mass is 327 g/mol. The van der Waals surface area contributed by atoms with E-state index in [1.165, 1.54) is 11.3 Å². The average Bonchev–Trinajstić information content (AvgIpc) is 2.63. The van der Waals surface area contributed by atoms with Gasteiger partial charge in [-0.3, -0.25) is 4.98 Å². The minimum atomic E-state index is 0.593. The quantitative estimate of drug-likeness (QED) is 0.869. The lowest BCUT2D eigenvalue weighted by Crippen LogP contribution is -2.43. The Morgan fingerprint density at radius 3 is 2.58 bits per heavy atom. The van der Waals surface area contributed by atoms with Crippen LogP contribution in [0.3, 0.4) is 0 Å². The summed E-state index contributed by atoms with van der Waals surface area (Å²) in [7, 11) is 4.09. The van der Waals surface area contributed by atoms with E-state index >= 15 is 0 Å². The summed E-state index contributed by atoms with van der Waals surface area (Å²) in [5.74, 6) is 1.49. The molecule has 0 radical (unpaired) electrons. The van der Waals surface area contributed by atoms with E-state index < -0.39 is 0 Å². The Kier molecular flexibility index (Phi) is 5.48. The van der Waals surface area contributed by atoms with E-state index in [9.17, 15) is 0 Å². The average molecular weight is 327 g/mol. The maximum atomic E-state index is 5.79. The number of ether oxygens (including phenoxy) is 1. The fourth-order valence-corrected chi connectivity index (χ4v) is 2.69. The Morgan fingerprint density at radius 1 is 1.12 bits per heavy atom. The van der Waals surface area contributed by atoms with Crippen molar-refractivity contribution in [1.29, 1.82) is 0 Å². The molecule has 1 aliphatic heterocycles. The van der Waals surface area contributed by atoms with Gasteiger partial charge in [0.05, 0.1) is 19.0 Å². The molecule has 0 aliphatic carbocycles. The van der Waals surface area contributed by atoms with Crippen molar-refractivity contribution in [2.75, 3.05) is 56.7 Å². The Hall–Kier alpha value is -2.34. The van der Waals surface area contributed by atoms with E-state index in [4.69, 9.17) is 4.74 Å². The summed E-state index contributed by atoms with van der Waals surface area (Å²) >= 11 is 0. The molecule has 0 unspecified atom stereocenters. The normalized spacial score (nSPS) is 14.5. The third-order valence-electron chi connectivity index (χ3n) is 4.13. The van der Waals surface area contributed by atoms with Crippen LogP contribution in [0.15, 0.2) is 36.7 Å². The number of nitrogens with one attached hydrogen (secondary N) is 1. The highest BCUT2D eigenvalue weighted by Gasteiger charge is 2.12. The van der Waals surface area contributed by atoms with Gasteiger partial charge >= 0.3 is 0 Å². The molecule has 0 bridgehead atoms. The second kappa shape index (κ2) is 7.97. The van der Waals surface area contributed by atoms with Crippen LogP contribution < -0.4 is 19.9 Å². The lowest BCUT2D eigenvalue weighted by atomic mass is 10.1. The minimum Gasteiger partial charge on any atom is -0.476 e. The van der Waals surface area contributed by atoms with Crippen LogP contribution in [0.5, 0.6) is 5.88 Å². The first kappa shape index (κ1) is 16.5. The molecule has 0 amide bonds. The van der Waals surface area contributed by atoms with Crippen LogP contribution in [0.4, 0.5) is 11.5 Å². The molecule has 0 saturated carbocycles. The number of hydrogen-bond acceptors (Lipinski definition) is 6. The van der Waals surface area contributed by atoms with Gasteiger partial charge in [-0.05, 0) is 17.7 Å². The van der Waals surface area contributed by atoms with Gasteiger partial charge in [0.1, 0.15) is 0 Å². The van der Waals surface area contributed by atoms with Crippen LogP contribution in [0.1, 0.15) is 5.56 Å². The van der Waals surface area contributed by atoms with Gasteiger partial charge in [0, 0.05) is 52.4 Å². The molecule has 2 aromatic rings. The molecule has 3 rings (SSSR count). The number of rotatable bonds is 6. The van der Waals surface area contributed by atoms with E-state index in [2.05, 4.69) is 49.4 Å². The second-order valence-corrected chi connectivity index (χ2v) is 6.11. The van der Waals surface area contributed by atoms with E-state index in [1.54, 1.807) is 12.4 Å². The van der Waals surface area contributed by atoms with Crippen molar-refractivity contribution in [3.8, 4) is 5.88 Å². The first-order valence-corrected chi connectivity index (χ1v) is 8.39. The van der Waals surface area contributed by atoms with Crippen LogP contribution in [-0.4, -0.2) is 56.8 Å². The Morgan fingerprint density at radius 2 is 1.88 bits per heavy atom. The van der Waals surface area contributed by atoms with Gasteiger partial charge in [0.25, 0.3) is 0 Å². The number of aromatic nitrogens is 2. The van der Waals surface area contributed by atoms with Crippen molar-refractivity contribution in [3.63, 3.8) is 0 Å². The van der Waals surface area contributed by atoms with E-state index in [1.807, 2.05) is 14.1 Å². The summed E-state index contributed by atoms with van der Waals surface area (Å²) in [6, 6.07) is 8.53. The molecule has 6 nitrogen and oxygen atoms in total. The summed E-state index contributed by atoms with van der Waals surface area (Å²) in [6.45, 7) is 4.47. The van der Waals surface area contributed by atoms with Crippen molar-refractivity contribution >= 4 is 11.5 Å². The molecule has 1 N–H and O–H groups in total. The van der Waals surface area contributed by atoms with Gasteiger partial charge in [-0.2, -0.15) is 4.98 Å². The highest BCUT2D eigenvalue weighted by Crippen LogP contribution is 2.16. The molecular weight excluding hydrogens is 302 g/mol. The first-order valence-electron chi connectivity index (χ1n) is 8.39. The van der Waals surface area contributed by atoms with Gasteiger partial charge < -0.3 is 19.9 Å². The summed E-state index contributed by atoms with van der Waals surface area (Å²) in [5, 5.41) is 3.34. The molecule has 0 spiro atoms. The van der Waals surface area contributed by atoms with Crippen LogP contribution in [-0.2, 0) is 6.42 Å². The van der Waals surface area contributed by atoms with E-state index in [-0.39, 0.29) is 0 Å². The Balaban J connectivity index is 1.52. The highest BCUT2D eigenvalue weighted by molar-refractivity contribution is 5.46. The third kappa shape index (κ3) is 4.35. The minimum absolute atomic E-state index is 0.593. The smallest absolute Gasteiger partial charge is 0.234 e. The number of nitrogens with zero attached hydrogens (tertiary/aromatic N) is 4. The SMILES string of the molecule is CN(C)c1ccc(CCOc2cncc(N3CCNCC3)n2)cc1. The zero-order chi connectivity index (χ0) is 16.8. The van der Waals surface area contributed by atoms with Crippen LogP contribution in [0.2, 0.25) is 0 Å². The fourth-order valence-electron chi connectivity index (χ4n) is 2.69. The molecule has 1 aromatic heterocycles. The van der Waals surface area contributed by atoms with Gasteiger partial charge in [-0.15, -0.1) is 0 Å². The summed E-state index contributed by atoms with van der Waals surface area (Å²) in [5.41, 5.74) is 2.46. The second-order valence-electron chi connectivity index (χ2n) is 6.11. The van der Waals surface area contributed by atoms with Crippen molar-refractivity contribution in [2.24, 2.45) is 0 Å². The van der Waals surface area contributed by atoms with Crippen molar-refractivity contribution in [1.82, 2.24) is 15.3 Å². The molecule has 0 atom stereocenters. The number of anilines is 2. The molecule has 1 fully saturated rings. The maximum absolute atomic E-state index is 5.79. The Labute approximate surface area is 143 Å². The van der Waals surface area contributed by atoms with Gasteiger partial charge in [-0.25, -0.2) is 0 Å². The van der Waals surface area contributed by atoms with Gasteiger partial charge in [0.2, 0.25) is 5.88 Å². The van der Waals surface area contributed by atoms with E-state index in [0.717, 1.165) is 38.4 Å². The lowest BCUT2D eigenvalue weighted by Gasteiger charge is -2.28. The third-order valence-corrected chi connectivity index (χ3v) is 4.13. The van der Waals surface area contributed by atoms with Gasteiger partial charge in [0.15, 0.2) is 5.82 Å². The van der Waals surface area contributed by atoms with Crippen LogP contribution in [0.25, 0.3) is 0 Å². The number of piperazine rings is 1. The van der Waals surface area contributed by atoms with Crippen molar-refractivity contribution < 1.29 is 4.74 Å². The predicted molar refractivity (Wildman–Crippen MR) is 97.1 cm³/mol. The summed E-state index contributed by atoms with van der Waals surface area (Å²) in [6.07, 6.45) is 4.34. The van der Waals surface area contributed by atoms with E-state index in [0.29, 0.717) is 12.5 Å². The topological polar surface area (TPSA) is 53.5 Å². The molecule has 1 aromatic carbocycles. The van der Waals surface area contributed by atoms with Crippen LogP contribution in [0, 0.1) is 0 Å². The first-order chi connectivity index (χ1) is 11.7. The number of hydrogen-bond donors (Lipinski definition) is 1. The van der Waals surface area contributed by atoms with Crippen LogP contribution >= 0.6 is 0 Å². The summed E-state index contributed by atoms with van der Waals surface area (Å²) in [4.78, 5) is 13.2. The zero-order valence-electron chi connectivity index (χ0n) is 14.4. The standard InChI is InChI=1S/C18H25N5O/c1-22(2)16-5-3-15(4-6-16)7-12-24-18-14-20-13-17(21-18)23-10-8-19-9-11-23/h3-6,13-14,19H,7-12H2,1-2H3. The molecule has 2 heterocycles. The Bertz CT molecular complexity index is 638. The highest BCUT2D eigenvalue weighted by atomic mass is 16.5. The summed E-state index contributed by atoms with van der Waals surface area (Å²) < 4.78 is 5.79.